The van der Waals surface area contributed by atoms with Crippen LogP contribution < -0.4 is 10.5 Å². The predicted molar refractivity (Wildman–Crippen MR) is 79.2 cm³/mol. The van der Waals surface area contributed by atoms with Gasteiger partial charge in [-0.05, 0) is 37.6 Å². The Morgan fingerprint density at radius 2 is 2.05 bits per heavy atom. The molecule has 2 rings (SSSR count). The van der Waals surface area contributed by atoms with Crippen LogP contribution in [0.1, 0.15) is 35.2 Å². The Hall–Kier alpha value is -2.38. The number of benzene rings is 2. The van der Waals surface area contributed by atoms with Gasteiger partial charge in [0.25, 0.3) is 0 Å². The maximum Gasteiger partial charge on any atom is 0.140 e. The van der Waals surface area contributed by atoms with Crippen molar-refractivity contribution in [1.29, 1.82) is 5.26 Å². The number of nitriles is 1. The zero-order valence-corrected chi connectivity index (χ0v) is 12.1. The van der Waals surface area contributed by atoms with Crippen LogP contribution in [0.5, 0.6) is 5.75 Å². The van der Waals surface area contributed by atoms with Crippen LogP contribution in [0.2, 0.25) is 0 Å². The van der Waals surface area contributed by atoms with Crippen LogP contribution in [0, 0.1) is 24.1 Å². The number of nitrogens with zero attached hydrogens (tertiary/aromatic N) is 1. The summed E-state index contributed by atoms with van der Waals surface area (Å²) in [7, 11) is 0. The molecule has 0 saturated heterocycles. The highest BCUT2D eigenvalue weighted by molar-refractivity contribution is 5.39. The topological polar surface area (TPSA) is 59.0 Å². The minimum Gasteiger partial charge on any atom is -0.489 e. The van der Waals surface area contributed by atoms with Gasteiger partial charge in [-0.1, -0.05) is 23.8 Å². The first-order valence-electron chi connectivity index (χ1n) is 6.68. The van der Waals surface area contributed by atoms with Crippen molar-refractivity contribution in [3.63, 3.8) is 0 Å². The fourth-order valence-corrected chi connectivity index (χ4v) is 2.06. The minimum absolute atomic E-state index is 0.0208. The molecule has 0 heterocycles. The van der Waals surface area contributed by atoms with Crippen molar-refractivity contribution in [2.24, 2.45) is 5.73 Å². The summed E-state index contributed by atoms with van der Waals surface area (Å²) in [6.07, 6.45) is 0. The summed E-state index contributed by atoms with van der Waals surface area (Å²) in [5, 5.41) is 8.83. The monoisotopic (exact) mass is 284 g/mol. The van der Waals surface area contributed by atoms with E-state index in [1.807, 2.05) is 38.1 Å². The van der Waals surface area contributed by atoms with Crippen molar-refractivity contribution < 1.29 is 9.13 Å². The second-order valence-electron chi connectivity index (χ2n) is 5.04. The molecule has 0 fully saturated rings. The Balaban J connectivity index is 2.19. The highest BCUT2D eigenvalue weighted by atomic mass is 19.1. The Labute approximate surface area is 123 Å². The molecular formula is C17H17FN2O. The van der Waals surface area contributed by atoms with E-state index in [0.29, 0.717) is 5.75 Å². The lowest BCUT2D eigenvalue weighted by molar-refractivity contribution is 0.301. The molecule has 1 atom stereocenters. The first-order chi connectivity index (χ1) is 10.0. The number of rotatable bonds is 4. The highest BCUT2D eigenvalue weighted by Crippen LogP contribution is 2.26. The number of hydrogen-bond donors (Lipinski definition) is 1. The van der Waals surface area contributed by atoms with E-state index in [2.05, 4.69) is 0 Å². The van der Waals surface area contributed by atoms with Gasteiger partial charge in [0.1, 0.15) is 24.2 Å². The van der Waals surface area contributed by atoms with Gasteiger partial charge < -0.3 is 10.5 Å². The van der Waals surface area contributed by atoms with Crippen LogP contribution in [0.15, 0.2) is 36.4 Å². The van der Waals surface area contributed by atoms with Crippen LogP contribution in [-0.4, -0.2) is 0 Å². The lowest BCUT2D eigenvalue weighted by Crippen LogP contribution is -2.08. The number of nitrogens with two attached hydrogens (primary N) is 1. The van der Waals surface area contributed by atoms with Crippen molar-refractivity contribution in [2.45, 2.75) is 26.5 Å². The fourth-order valence-electron chi connectivity index (χ4n) is 2.06. The van der Waals surface area contributed by atoms with Gasteiger partial charge in [-0.2, -0.15) is 5.26 Å². The molecule has 21 heavy (non-hydrogen) atoms. The highest BCUT2D eigenvalue weighted by Gasteiger charge is 2.09. The summed E-state index contributed by atoms with van der Waals surface area (Å²) in [6.45, 7) is 4.15. The van der Waals surface area contributed by atoms with Gasteiger partial charge in [0.05, 0.1) is 5.56 Å². The van der Waals surface area contributed by atoms with Gasteiger partial charge in [-0.3, -0.25) is 0 Å². The van der Waals surface area contributed by atoms with Crippen molar-refractivity contribution in [1.82, 2.24) is 0 Å². The molecule has 3 nitrogen and oxygen atoms in total. The zero-order valence-electron chi connectivity index (χ0n) is 12.1. The molecule has 0 bridgehead atoms. The molecule has 0 aliphatic carbocycles. The number of hydrogen-bond acceptors (Lipinski definition) is 3. The average Bonchev–Trinajstić information content (AvgIpc) is 2.47. The van der Waals surface area contributed by atoms with Gasteiger partial charge in [0.15, 0.2) is 0 Å². The molecule has 2 N–H and O–H groups in total. The molecule has 0 amide bonds. The van der Waals surface area contributed by atoms with Crippen molar-refractivity contribution in [3.8, 4) is 11.8 Å². The van der Waals surface area contributed by atoms with E-state index in [0.717, 1.165) is 16.7 Å². The summed E-state index contributed by atoms with van der Waals surface area (Å²) < 4.78 is 19.0. The van der Waals surface area contributed by atoms with Gasteiger partial charge in [-0.25, -0.2) is 4.39 Å². The van der Waals surface area contributed by atoms with Crippen LogP contribution >= 0.6 is 0 Å². The standard InChI is InChI=1S/C17H17FN2O/c1-11-3-6-17(15(7-11)12(2)20)21-10-13-4-5-16(18)14(8-13)9-19/h3-8,12H,10,20H2,1-2H3/t12-/m0/s1. The largest absolute Gasteiger partial charge is 0.489 e. The molecule has 0 spiro atoms. The van der Waals surface area contributed by atoms with E-state index in [4.69, 9.17) is 15.7 Å². The third-order valence-electron chi connectivity index (χ3n) is 3.20. The summed E-state index contributed by atoms with van der Waals surface area (Å²) in [6, 6.07) is 11.9. The van der Waals surface area contributed by atoms with E-state index < -0.39 is 5.82 Å². The second-order valence-corrected chi connectivity index (χ2v) is 5.04. The summed E-state index contributed by atoms with van der Waals surface area (Å²) in [5.41, 5.74) is 8.75. The van der Waals surface area contributed by atoms with Gasteiger partial charge in [0, 0.05) is 11.6 Å². The lowest BCUT2D eigenvalue weighted by atomic mass is 10.1. The predicted octanol–water partition coefficient (Wildman–Crippen LogP) is 3.60. The summed E-state index contributed by atoms with van der Waals surface area (Å²) in [5.74, 6) is 0.186. The Bertz CT molecular complexity index is 690. The molecule has 4 heteroatoms. The van der Waals surface area contributed by atoms with Crippen LogP contribution in [0.3, 0.4) is 0 Å². The van der Waals surface area contributed by atoms with Crippen molar-refractivity contribution in [3.05, 3.63) is 64.5 Å². The number of aryl methyl sites for hydroxylation is 1. The van der Waals surface area contributed by atoms with Crippen molar-refractivity contribution >= 4 is 0 Å². The maximum atomic E-state index is 13.3. The molecule has 0 unspecified atom stereocenters. The first kappa shape index (κ1) is 15.0. The fraction of sp³-hybridized carbons (Fsp3) is 0.235. The Morgan fingerprint density at radius 3 is 2.71 bits per heavy atom. The van der Waals surface area contributed by atoms with E-state index in [1.165, 1.54) is 12.1 Å². The third kappa shape index (κ3) is 3.59. The molecule has 0 saturated carbocycles. The normalized spacial score (nSPS) is 11.8. The number of halogens is 1. The van der Waals surface area contributed by atoms with Gasteiger partial charge in [-0.15, -0.1) is 0 Å². The van der Waals surface area contributed by atoms with E-state index in [-0.39, 0.29) is 18.2 Å². The zero-order chi connectivity index (χ0) is 15.4. The van der Waals surface area contributed by atoms with Gasteiger partial charge in [0.2, 0.25) is 0 Å². The first-order valence-corrected chi connectivity index (χ1v) is 6.68. The summed E-state index contributed by atoms with van der Waals surface area (Å²) in [4.78, 5) is 0. The molecule has 2 aromatic rings. The molecule has 2 aromatic carbocycles. The van der Waals surface area contributed by atoms with Gasteiger partial charge >= 0.3 is 0 Å². The Kier molecular flexibility index (Phi) is 4.56. The summed E-state index contributed by atoms with van der Waals surface area (Å²) >= 11 is 0. The molecule has 0 radical (unpaired) electrons. The average molecular weight is 284 g/mol. The lowest BCUT2D eigenvalue weighted by Gasteiger charge is -2.15. The Morgan fingerprint density at radius 1 is 1.29 bits per heavy atom. The van der Waals surface area contributed by atoms with E-state index >= 15 is 0 Å². The third-order valence-corrected chi connectivity index (χ3v) is 3.20. The van der Waals surface area contributed by atoms with Crippen LogP contribution in [0.4, 0.5) is 4.39 Å². The van der Waals surface area contributed by atoms with Crippen LogP contribution in [0.25, 0.3) is 0 Å². The molecule has 108 valence electrons. The maximum absolute atomic E-state index is 13.3. The molecule has 0 aliphatic heterocycles. The minimum atomic E-state index is -0.521. The number of ether oxygens (including phenoxy) is 1. The van der Waals surface area contributed by atoms with E-state index in [9.17, 15) is 4.39 Å². The van der Waals surface area contributed by atoms with Crippen molar-refractivity contribution in [2.75, 3.05) is 0 Å². The van der Waals surface area contributed by atoms with E-state index in [1.54, 1.807) is 6.07 Å². The van der Waals surface area contributed by atoms with Crippen LogP contribution in [-0.2, 0) is 6.61 Å². The smallest absolute Gasteiger partial charge is 0.140 e. The molecule has 0 aliphatic rings. The quantitative estimate of drug-likeness (QED) is 0.933. The molecular weight excluding hydrogens is 267 g/mol. The molecule has 0 aromatic heterocycles. The SMILES string of the molecule is Cc1ccc(OCc2ccc(F)c(C#N)c2)c([C@H](C)N)c1. The second kappa shape index (κ2) is 6.38.